The summed E-state index contributed by atoms with van der Waals surface area (Å²) in [5, 5.41) is 11.1. The van der Waals surface area contributed by atoms with Crippen molar-refractivity contribution in [3.05, 3.63) is 28.8 Å². The molecule has 1 heterocycles. The third kappa shape index (κ3) is 2.19. The maximum absolute atomic E-state index is 10.4. The van der Waals surface area contributed by atoms with Gasteiger partial charge in [-0.15, -0.1) is 0 Å². The summed E-state index contributed by atoms with van der Waals surface area (Å²) in [6, 6.07) is 5.53. The summed E-state index contributed by atoms with van der Waals surface area (Å²) in [5.74, 6) is 0. The zero-order valence-corrected chi connectivity index (χ0v) is 13.1. The van der Waals surface area contributed by atoms with Crippen molar-refractivity contribution in [2.45, 2.75) is 57.3 Å². The molecule has 0 radical (unpaired) electrons. The van der Waals surface area contributed by atoms with E-state index < -0.39 is 23.9 Å². The van der Waals surface area contributed by atoms with Crippen LogP contribution in [0.15, 0.2) is 18.2 Å². The molecule has 1 aromatic carbocycles. The van der Waals surface area contributed by atoms with Crippen LogP contribution in [0.3, 0.4) is 0 Å². The van der Waals surface area contributed by atoms with Crippen molar-refractivity contribution in [1.82, 2.24) is 0 Å². The molecule has 1 saturated heterocycles. The molecule has 0 spiro atoms. The van der Waals surface area contributed by atoms with Gasteiger partial charge in [0.1, 0.15) is 0 Å². The van der Waals surface area contributed by atoms with E-state index in [2.05, 4.69) is 0 Å². The third-order valence-electron chi connectivity index (χ3n) is 4.75. The van der Waals surface area contributed by atoms with E-state index in [1.54, 1.807) is 0 Å². The van der Waals surface area contributed by atoms with Gasteiger partial charge in [0.2, 0.25) is 0 Å². The smallest absolute Gasteiger partial charge is 0.399 e. The zero-order valence-electron chi connectivity index (χ0n) is 12.4. The third-order valence-corrected chi connectivity index (χ3v) is 4.98. The second-order valence-electron chi connectivity index (χ2n) is 6.85. The monoisotopic (exact) mass is 294 g/mol. The first kappa shape index (κ1) is 14.4. The molecule has 5 heteroatoms. The van der Waals surface area contributed by atoms with Crippen LogP contribution in [-0.4, -0.2) is 23.4 Å². The molecule has 20 heavy (non-hydrogen) atoms. The minimum Gasteiger partial charge on any atom is -0.399 e. The molecule has 0 bridgehead atoms. The number of hydrogen-bond donors (Lipinski definition) is 1. The number of aliphatic hydroxyl groups is 1. The lowest BCUT2D eigenvalue weighted by atomic mass is 9.74. The molecule has 3 nitrogen and oxygen atoms in total. The van der Waals surface area contributed by atoms with Gasteiger partial charge in [-0.3, -0.25) is 0 Å². The summed E-state index contributed by atoms with van der Waals surface area (Å²) in [6.45, 7) is 8.07. The van der Waals surface area contributed by atoms with Crippen LogP contribution in [0.2, 0.25) is 5.02 Å². The summed E-state index contributed by atoms with van der Waals surface area (Å²) >= 11 is 6.12. The Labute approximate surface area is 125 Å². The lowest BCUT2D eigenvalue weighted by Gasteiger charge is -2.32. The summed E-state index contributed by atoms with van der Waals surface area (Å²) in [7, 11) is -0.488. The average molecular weight is 295 g/mol. The standard InChI is InChI=1S/C15H20BClO3/c1-13(2)14(3,4)20-16(19-13)12-9-10(17)5-6-11(12)15(18)7-8-15/h5-6,9,18H,7-8H2,1-4H3. The van der Waals surface area contributed by atoms with Crippen LogP contribution in [0.5, 0.6) is 0 Å². The fraction of sp³-hybridized carbons (Fsp3) is 0.600. The van der Waals surface area contributed by atoms with Gasteiger partial charge in [-0.2, -0.15) is 0 Å². The SMILES string of the molecule is CC1(C)OB(c2cc(Cl)ccc2C2(O)CC2)OC1(C)C. The van der Waals surface area contributed by atoms with Crippen LogP contribution in [0, 0.1) is 0 Å². The molecule has 1 aliphatic carbocycles. The van der Waals surface area contributed by atoms with E-state index in [9.17, 15) is 5.11 Å². The summed E-state index contributed by atoms with van der Waals surface area (Å²) < 4.78 is 12.2. The minimum absolute atomic E-state index is 0.399. The van der Waals surface area contributed by atoms with Gasteiger partial charge >= 0.3 is 7.12 Å². The van der Waals surface area contributed by atoms with Gasteiger partial charge in [-0.25, -0.2) is 0 Å². The molecule has 0 unspecified atom stereocenters. The van der Waals surface area contributed by atoms with Crippen molar-refractivity contribution < 1.29 is 14.4 Å². The Kier molecular flexibility index (Phi) is 3.05. The maximum Gasteiger partial charge on any atom is 0.495 e. The molecule has 2 fully saturated rings. The fourth-order valence-electron chi connectivity index (χ4n) is 2.51. The van der Waals surface area contributed by atoms with Gasteiger partial charge in [-0.1, -0.05) is 17.7 Å². The molecule has 0 aromatic heterocycles. The van der Waals surface area contributed by atoms with Crippen LogP contribution in [0.4, 0.5) is 0 Å². The molecule has 1 saturated carbocycles. The molecular weight excluding hydrogens is 274 g/mol. The highest BCUT2D eigenvalue weighted by Gasteiger charge is 2.54. The molecule has 0 atom stereocenters. The predicted molar refractivity (Wildman–Crippen MR) is 80.3 cm³/mol. The largest absolute Gasteiger partial charge is 0.495 e. The van der Waals surface area contributed by atoms with Crippen LogP contribution in [0.25, 0.3) is 0 Å². The Hall–Kier alpha value is -0.545. The molecule has 3 rings (SSSR count). The first-order chi connectivity index (χ1) is 9.15. The minimum atomic E-state index is -0.733. The van der Waals surface area contributed by atoms with Crippen LogP contribution >= 0.6 is 11.6 Å². The summed E-state index contributed by atoms with van der Waals surface area (Å²) in [5.41, 5.74) is 0.188. The lowest BCUT2D eigenvalue weighted by Crippen LogP contribution is -2.41. The maximum atomic E-state index is 10.4. The topological polar surface area (TPSA) is 38.7 Å². The van der Waals surface area contributed by atoms with Crippen molar-refractivity contribution in [1.29, 1.82) is 0 Å². The number of benzene rings is 1. The average Bonchev–Trinajstić information content (AvgIpc) is 3.01. The Morgan fingerprint density at radius 3 is 2.15 bits per heavy atom. The number of rotatable bonds is 2. The lowest BCUT2D eigenvalue weighted by molar-refractivity contribution is 0.00578. The normalized spacial score (nSPS) is 25.8. The highest BCUT2D eigenvalue weighted by molar-refractivity contribution is 6.63. The first-order valence-electron chi connectivity index (χ1n) is 7.03. The van der Waals surface area contributed by atoms with Crippen molar-refractivity contribution in [2.24, 2.45) is 0 Å². The second kappa shape index (κ2) is 4.23. The Morgan fingerprint density at radius 2 is 1.65 bits per heavy atom. The zero-order chi connectivity index (χ0) is 14.8. The molecule has 0 amide bonds. The van der Waals surface area contributed by atoms with Gasteiger partial charge in [0, 0.05) is 5.02 Å². The Balaban J connectivity index is 2.01. The van der Waals surface area contributed by atoms with Crippen LogP contribution in [-0.2, 0) is 14.9 Å². The van der Waals surface area contributed by atoms with E-state index in [0.717, 1.165) is 23.9 Å². The van der Waals surface area contributed by atoms with Gasteiger partial charge in [0.15, 0.2) is 0 Å². The molecule has 1 aliphatic heterocycles. The molecule has 1 aromatic rings. The van der Waals surface area contributed by atoms with E-state index >= 15 is 0 Å². The van der Waals surface area contributed by atoms with E-state index in [4.69, 9.17) is 20.9 Å². The quantitative estimate of drug-likeness (QED) is 0.852. The van der Waals surface area contributed by atoms with Crippen molar-refractivity contribution >= 4 is 24.2 Å². The fourth-order valence-corrected chi connectivity index (χ4v) is 2.69. The summed E-state index contributed by atoms with van der Waals surface area (Å²) in [4.78, 5) is 0. The van der Waals surface area contributed by atoms with E-state index in [0.29, 0.717) is 5.02 Å². The van der Waals surface area contributed by atoms with Gasteiger partial charge < -0.3 is 14.4 Å². The van der Waals surface area contributed by atoms with Crippen molar-refractivity contribution in [3.8, 4) is 0 Å². The van der Waals surface area contributed by atoms with Crippen molar-refractivity contribution in [2.75, 3.05) is 0 Å². The second-order valence-corrected chi connectivity index (χ2v) is 7.29. The van der Waals surface area contributed by atoms with Crippen molar-refractivity contribution in [3.63, 3.8) is 0 Å². The van der Waals surface area contributed by atoms with Gasteiger partial charge in [0.05, 0.1) is 16.8 Å². The predicted octanol–water partition coefficient (Wildman–Crippen LogP) is 2.62. The van der Waals surface area contributed by atoms with E-state index in [-0.39, 0.29) is 0 Å². The Bertz CT molecular complexity index is 536. The summed E-state index contributed by atoms with van der Waals surface area (Å²) in [6.07, 6.45) is 1.56. The van der Waals surface area contributed by atoms with Crippen LogP contribution < -0.4 is 5.46 Å². The molecular formula is C15H20BClO3. The number of hydrogen-bond acceptors (Lipinski definition) is 3. The van der Waals surface area contributed by atoms with Gasteiger partial charge in [-0.05, 0) is 63.7 Å². The number of halogens is 1. The first-order valence-corrected chi connectivity index (χ1v) is 7.40. The van der Waals surface area contributed by atoms with E-state index in [1.807, 2.05) is 45.9 Å². The van der Waals surface area contributed by atoms with E-state index in [1.165, 1.54) is 0 Å². The van der Waals surface area contributed by atoms with Crippen LogP contribution in [0.1, 0.15) is 46.1 Å². The Morgan fingerprint density at radius 1 is 1.10 bits per heavy atom. The molecule has 2 aliphatic rings. The molecule has 1 N–H and O–H groups in total. The highest BCUT2D eigenvalue weighted by atomic mass is 35.5. The highest BCUT2D eigenvalue weighted by Crippen LogP contribution is 2.46. The van der Waals surface area contributed by atoms with Gasteiger partial charge in [0.25, 0.3) is 0 Å². The molecule has 108 valence electrons.